The lowest BCUT2D eigenvalue weighted by atomic mass is 9.82. The van der Waals surface area contributed by atoms with Crippen molar-refractivity contribution in [2.45, 2.75) is 38.1 Å². The van der Waals surface area contributed by atoms with Crippen molar-refractivity contribution in [2.24, 2.45) is 5.92 Å². The summed E-state index contributed by atoms with van der Waals surface area (Å²) in [4.78, 5) is 33.7. The maximum absolute atomic E-state index is 12.3. The highest BCUT2D eigenvalue weighted by molar-refractivity contribution is 5.94. The molecule has 124 valence electrons. The largest absolute Gasteiger partial charge is 0.349 e. The van der Waals surface area contributed by atoms with Crippen LogP contribution in [0, 0.1) is 16.0 Å². The molecule has 23 heavy (non-hydrogen) atoms. The molecule has 1 fully saturated rings. The maximum Gasteiger partial charge on any atom is 0.269 e. The van der Waals surface area contributed by atoms with Crippen LogP contribution in [0.5, 0.6) is 0 Å². The third-order valence-corrected chi connectivity index (χ3v) is 4.14. The topological polar surface area (TPSA) is 122 Å². The van der Waals surface area contributed by atoms with Crippen LogP contribution in [-0.2, 0) is 4.79 Å². The predicted octanol–water partition coefficient (Wildman–Crippen LogP) is 1.78. The van der Waals surface area contributed by atoms with Gasteiger partial charge in [-0.25, -0.2) is 5.48 Å². The first-order valence-electron chi connectivity index (χ1n) is 7.49. The van der Waals surface area contributed by atoms with Crippen LogP contribution < -0.4 is 10.8 Å². The molecule has 0 heterocycles. The molecule has 1 aliphatic carbocycles. The first kappa shape index (κ1) is 16.9. The molecule has 1 aromatic carbocycles. The molecular weight excluding hydrogens is 302 g/mol. The number of hydroxylamine groups is 1. The molecule has 0 unspecified atom stereocenters. The van der Waals surface area contributed by atoms with E-state index >= 15 is 0 Å². The van der Waals surface area contributed by atoms with Crippen LogP contribution in [-0.4, -0.2) is 28.0 Å². The second-order valence-electron chi connectivity index (χ2n) is 5.67. The number of nitrogens with one attached hydrogen (secondary N) is 2. The summed E-state index contributed by atoms with van der Waals surface area (Å²) < 4.78 is 0. The lowest BCUT2D eigenvalue weighted by molar-refractivity contribution is -0.384. The molecule has 2 amide bonds. The molecule has 1 saturated carbocycles. The maximum atomic E-state index is 12.3. The molecular formula is C15H19N3O5. The number of nitro benzene ring substituents is 1. The van der Waals surface area contributed by atoms with Gasteiger partial charge >= 0.3 is 0 Å². The van der Waals surface area contributed by atoms with Crippen molar-refractivity contribution in [3.05, 3.63) is 39.9 Å². The zero-order chi connectivity index (χ0) is 16.8. The van der Waals surface area contributed by atoms with Gasteiger partial charge in [0, 0.05) is 30.2 Å². The fourth-order valence-corrected chi connectivity index (χ4v) is 2.91. The van der Waals surface area contributed by atoms with E-state index in [1.165, 1.54) is 24.3 Å². The van der Waals surface area contributed by atoms with Gasteiger partial charge in [0.2, 0.25) is 5.91 Å². The highest BCUT2D eigenvalue weighted by atomic mass is 16.6. The Morgan fingerprint density at radius 2 is 1.87 bits per heavy atom. The standard InChI is InChI=1S/C15H19N3O5/c19-14(17-21)9-11-3-1-2-4-13(11)16-15(20)10-5-7-12(8-6-10)18(22)23/h5-8,11,13,21H,1-4,9H2,(H,16,20)(H,17,19)/t11-,13+/m1/s1. The first-order chi connectivity index (χ1) is 11.0. The van der Waals surface area contributed by atoms with Gasteiger partial charge < -0.3 is 5.32 Å². The summed E-state index contributed by atoms with van der Waals surface area (Å²) >= 11 is 0. The molecule has 0 aliphatic heterocycles. The van der Waals surface area contributed by atoms with E-state index in [0.717, 1.165) is 25.7 Å². The molecule has 1 aliphatic rings. The fraction of sp³-hybridized carbons (Fsp3) is 0.467. The van der Waals surface area contributed by atoms with E-state index in [2.05, 4.69) is 5.32 Å². The average Bonchev–Trinajstić information content (AvgIpc) is 2.56. The fourth-order valence-electron chi connectivity index (χ4n) is 2.91. The first-order valence-corrected chi connectivity index (χ1v) is 7.49. The number of benzene rings is 1. The number of amides is 2. The van der Waals surface area contributed by atoms with Crippen LogP contribution in [0.3, 0.4) is 0 Å². The molecule has 0 bridgehead atoms. The number of carbonyl (C=O) groups is 2. The number of hydrogen-bond donors (Lipinski definition) is 3. The number of non-ortho nitro benzene ring substituents is 1. The minimum Gasteiger partial charge on any atom is -0.349 e. The van der Waals surface area contributed by atoms with Gasteiger partial charge in [-0.15, -0.1) is 0 Å². The van der Waals surface area contributed by atoms with E-state index in [1.54, 1.807) is 5.48 Å². The molecule has 2 rings (SSSR count). The predicted molar refractivity (Wildman–Crippen MR) is 80.9 cm³/mol. The summed E-state index contributed by atoms with van der Waals surface area (Å²) in [5, 5.41) is 22.2. The quantitative estimate of drug-likeness (QED) is 0.433. The van der Waals surface area contributed by atoms with Gasteiger partial charge in [0.1, 0.15) is 0 Å². The van der Waals surface area contributed by atoms with Gasteiger partial charge in [0.05, 0.1) is 4.92 Å². The Labute approximate surface area is 133 Å². The summed E-state index contributed by atoms with van der Waals surface area (Å²) in [5.74, 6) is -0.814. The molecule has 8 heteroatoms. The van der Waals surface area contributed by atoms with Crippen molar-refractivity contribution < 1.29 is 19.7 Å². The van der Waals surface area contributed by atoms with Crippen LogP contribution >= 0.6 is 0 Å². The molecule has 3 N–H and O–H groups in total. The highest BCUT2D eigenvalue weighted by Gasteiger charge is 2.28. The molecule has 2 atom stereocenters. The third-order valence-electron chi connectivity index (χ3n) is 4.14. The van der Waals surface area contributed by atoms with E-state index in [1.807, 2.05) is 0 Å². The summed E-state index contributed by atoms with van der Waals surface area (Å²) in [6.07, 6.45) is 3.66. The number of hydrogen-bond acceptors (Lipinski definition) is 5. The number of rotatable bonds is 5. The van der Waals surface area contributed by atoms with Crippen molar-refractivity contribution in [1.82, 2.24) is 10.8 Å². The van der Waals surface area contributed by atoms with Gasteiger partial charge in [-0.3, -0.25) is 24.9 Å². The van der Waals surface area contributed by atoms with E-state index in [-0.39, 0.29) is 30.0 Å². The Morgan fingerprint density at radius 1 is 1.22 bits per heavy atom. The molecule has 0 aromatic heterocycles. The zero-order valence-corrected chi connectivity index (χ0v) is 12.5. The number of nitro groups is 1. The monoisotopic (exact) mass is 321 g/mol. The summed E-state index contributed by atoms with van der Waals surface area (Å²) in [6.45, 7) is 0. The highest BCUT2D eigenvalue weighted by Crippen LogP contribution is 2.27. The van der Waals surface area contributed by atoms with E-state index < -0.39 is 10.8 Å². The SMILES string of the molecule is O=C(C[C@H]1CCCC[C@@H]1NC(=O)c1ccc([N+](=O)[O-])cc1)NO. The van der Waals surface area contributed by atoms with E-state index in [0.29, 0.717) is 5.56 Å². The minimum atomic E-state index is -0.521. The van der Waals surface area contributed by atoms with Gasteiger partial charge in [-0.05, 0) is 30.9 Å². The van der Waals surface area contributed by atoms with Gasteiger partial charge in [0.25, 0.3) is 11.6 Å². The lowest BCUT2D eigenvalue weighted by Gasteiger charge is -2.31. The van der Waals surface area contributed by atoms with Crippen molar-refractivity contribution in [3.8, 4) is 0 Å². The average molecular weight is 321 g/mol. The minimum absolute atomic E-state index is 0.0297. The van der Waals surface area contributed by atoms with Gasteiger partial charge in [-0.1, -0.05) is 12.8 Å². The third kappa shape index (κ3) is 4.49. The Bertz CT molecular complexity index is 587. The molecule has 0 radical (unpaired) electrons. The lowest BCUT2D eigenvalue weighted by Crippen LogP contribution is -2.43. The zero-order valence-electron chi connectivity index (χ0n) is 12.5. The van der Waals surface area contributed by atoms with Gasteiger partial charge in [-0.2, -0.15) is 0 Å². The van der Waals surface area contributed by atoms with Crippen LogP contribution in [0.4, 0.5) is 5.69 Å². The normalized spacial score (nSPS) is 20.6. The summed E-state index contributed by atoms with van der Waals surface area (Å²) in [7, 11) is 0. The Balaban J connectivity index is 2.01. The van der Waals surface area contributed by atoms with Crippen LogP contribution in [0.2, 0.25) is 0 Å². The molecule has 0 spiro atoms. The second kappa shape index (κ2) is 7.68. The van der Waals surface area contributed by atoms with Gasteiger partial charge in [0.15, 0.2) is 0 Å². The van der Waals surface area contributed by atoms with E-state index in [9.17, 15) is 19.7 Å². The van der Waals surface area contributed by atoms with Crippen LogP contribution in [0.25, 0.3) is 0 Å². The Hall–Kier alpha value is -2.48. The van der Waals surface area contributed by atoms with Crippen LogP contribution in [0.15, 0.2) is 24.3 Å². The van der Waals surface area contributed by atoms with Crippen molar-refractivity contribution in [1.29, 1.82) is 0 Å². The second-order valence-corrected chi connectivity index (χ2v) is 5.67. The van der Waals surface area contributed by atoms with Crippen molar-refractivity contribution in [3.63, 3.8) is 0 Å². The van der Waals surface area contributed by atoms with E-state index in [4.69, 9.17) is 5.21 Å². The molecule has 1 aromatic rings. The molecule has 8 nitrogen and oxygen atoms in total. The Kier molecular flexibility index (Phi) is 5.64. The summed E-state index contributed by atoms with van der Waals surface area (Å²) in [6, 6.07) is 5.24. The van der Waals surface area contributed by atoms with Crippen molar-refractivity contribution >= 4 is 17.5 Å². The molecule has 0 saturated heterocycles. The number of nitrogens with zero attached hydrogens (tertiary/aromatic N) is 1. The van der Waals surface area contributed by atoms with Crippen molar-refractivity contribution in [2.75, 3.05) is 0 Å². The Morgan fingerprint density at radius 3 is 2.48 bits per heavy atom. The smallest absolute Gasteiger partial charge is 0.269 e. The van der Waals surface area contributed by atoms with Crippen LogP contribution in [0.1, 0.15) is 42.5 Å². The summed E-state index contributed by atoms with van der Waals surface area (Å²) in [5.41, 5.74) is 1.89. The number of carbonyl (C=O) groups excluding carboxylic acids is 2.